The van der Waals surface area contributed by atoms with Crippen molar-refractivity contribution in [2.45, 2.75) is 13.8 Å². The van der Waals surface area contributed by atoms with E-state index in [1.807, 2.05) is 19.1 Å². The van der Waals surface area contributed by atoms with Crippen LogP contribution < -0.4 is 0 Å². The molecule has 0 aromatic carbocycles. The molecule has 0 spiro atoms. The van der Waals surface area contributed by atoms with Crippen LogP contribution in [0.5, 0.6) is 0 Å². The van der Waals surface area contributed by atoms with Crippen molar-refractivity contribution in [3.8, 4) is 33.2 Å². The normalized spacial score (nSPS) is 11.6. The predicted octanol–water partition coefficient (Wildman–Crippen LogP) is 5.44. The first-order chi connectivity index (χ1) is 15.6. The third-order valence-electron chi connectivity index (χ3n) is 5.46. The smallest absolute Gasteiger partial charge is 0.178 e. The molecule has 9 heteroatoms. The van der Waals surface area contributed by atoms with E-state index in [1.165, 1.54) is 4.88 Å². The van der Waals surface area contributed by atoms with Crippen LogP contribution in [0.2, 0.25) is 0 Å². The van der Waals surface area contributed by atoms with Crippen molar-refractivity contribution in [2.24, 2.45) is 0 Å². The van der Waals surface area contributed by atoms with Gasteiger partial charge in [0.05, 0.1) is 22.6 Å². The molecule has 6 aromatic rings. The second-order valence-corrected chi connectivity index (χ2v) is 8.81. The molecule has 0 unspecified atom stereocenters. The van der Waals surface area contributed by atoms with Gasteiger partial charge in [0.2, 0.25) is 0 Å². The lowest BCUT2D eigenvalue weighted by Crippen LogP contribution is -1.94. The quantitative estimate of drug-likeness (QED) is 0.381. The van der Waals surface area contributed by atoms with E-state index in [1.54, 1.807) is 36.1 Å². The zero-order chi connectivity index (χ0) is 21.8. The first kappa shape index (κ1) is 18.8. The van der Waals surface area contributed by atoms with Crippen molar-refractivity contribution in [2.75, 3.05) is 0 Å². The maximum absolute atomic E-state index is 15.7. The van der Waals surface area contributed by atoms with Gasteiger partial charge >= 0.3 is 0 Å². The Morgan fingerprint density at radius 3 is 2.66 bits per heavy atom. The predicted molar refractivity (Wildman–Crippen MR) is 123 cm³/mol. The number of aromatic amines is 2. The molecule has 0 radical (unpaired) electrons. The molecular formula is C23H16FN7S. The third kappa shape index (κ3) is 2.82. The number of nitrogens with one attached hydrogen (secondary N) is 2. The van der Waals surface area contributed by atoms with E-state index in [0.29, 0.717) is 33.6 Å². The number of pyridine rings is 3. The highest BCUT2D eigenvalue weighted by molar-refractivity contribution is 7.15. The highest BCUT2D eigenvalue weighted by Gasteiger charge is 2.22. The van der Waals surface area contributed by atoms with Crippen LogP contribution in [0.25, 0.3) is 55.3 Å². The summed E-state index contributed by atoms with van der Waals surface area (Å²) in [7, 11) is 0. The van der Waals surface area contributed by atoms with Crippen LogP contribution >= 0.6 is 11.3 Å². The molecule has 32 heavy (non-hydrogen) atoms. The average Bonchev–Trinajstić information content (AvgIpc) is 3.52. The van der Waals surface area contributed by atoms with E-state index in [-0.39, 0.29) is 5.69 Å². The van der Waals surface area contributed by atoms with E-state index in [2.05, 4.69) is 54.2 Å². The molecule has 0 amide bonds. The Labute approximate surface area is 185 Å². The first-order valence-corrected chi connectivity index (χ1v) is 10.8. The fraction of sp³-hybridized carbons (Fsp3) is 0.0870. The Bertz CT molecular complexity index is 1630. The Morgan fingerprint density at radius 2 is 1.84 bits per heavy atom. The summed E-state index contributed by atoms with van der Waals surface area (Å²) in [5.74, 6) is -0.0247. The van der Waals surface area contributed by atoms with Gasteiger partial charge in [0.1, 0.15) is 11.4 Å². The van der Waals surface area contributed by atoms with Gasteiger partial charge < -0.3 is 4.98 Å². The monoisotopic (exact) mass is 441 g/mol. The molecule has 0 atom stereocenters. The first-order valence-electron chi connectivity index (χ1n) is 9.95. The second-order valence-electron chi connectivity index (χ2n) is 7.53. The number of aryl methyl sites for hydroxylation is 2. The van der Waals surface area contributed by atoms with Gasteiger partial charge in [-0.25, -0.2) is 14.4 Å². The van der Waals surface area contributed by atoms with Crippen LogP contribution in [0, 0.1) is 19.7 Å². The number of thiophene rings is 1. The molecule has 0 fully saturated rings. The number of hydrogen-bond acceptors (Lipinski definition) is 6. The van der Waals surface area contributed by atoms with Crippen LogP contribution in [0.15, 0.2) is 49.1 Å². The standard InChI is InChI=1S/C23H16FN7S/c1-11-5-7-25-9-14(11)19-18(24)17-15(10-27-19)30-31-21(17)23-28-20-13(6-8-26-22(20)29-23)16-4-3-12(2)32-16/h3-10H,1-2H3,(H,30,31)(H,26,28,29). The summed E-state index contributed by atoms with van der Waals surface area (Å²) >= 11 is 1.70. The minimum absolute atomic E-state index is 0.231. The highest BCUT2D eigenvalue weighted by atomic mass is 32.1. The molecule has 0 aliphatic heterocycles. The van der Waals surface area contributed by atoms with E-state index < -0.39 is 5.82 Å². The molecule has 0 saturated carbocycles. The average molecular weight is 441 g/mol. The minimum Gasteiger partial charge on any atom is -0.335 e. The molecule has 0 aliphatic carbocycles. The lowest BCUT2D eigenvalue weighted by atomic mass is 10.1. The van der Waals surface area contributed by atoms with Gasteiger partial charge in [0.25, 0.3) is 0 Å². The van der Waals surface area contributed by atoms with Crippen LogP contribution in [0.3, 0.4) is 0 Å². The molecule has 7 nitrogen and oxygen atoms in total. The van der Waals surface area contributed by atoms with Crippen LogP contribution in [0.1, 0.15) is 10.4 Å². The van der Waals surface area contributed by atoms with Crippen molar-refractivity contribution in [3.05, 3.63) is 65.3 Å². The van der Waals surface area contributed by atoms with Crippen molar-refractivity contribution in [1.82, 2.24) is 35.1 Å². The fourth-order valence-corrected chi connectivity index (χ4v) is 4.75. The summed E-state index contributed by atoms with van der Waals surface area (Å²) in [5.41, 5.74) is 4.98. The molecular weight excluding hydrogens is 425 g/mol. The van der Waals surface area contributed by atoms with Gasteiger partial charge in [-0.3, -0.25) is 15.1 Å². The number of fused-ring (bicyclic) bond motifs is 2. The van der Waals surface area contributed by atoms with Crippen molar-refractivity contribution >= 4 is 33.4 Å². The van der Waals surface area contributed by atoms with Gasteiger partial charge in [0.15, 0.2) is 17.3 Å². The summed E-state index contributed by atoms with van der Waals surface area (Å²) in [5, 5.41) is 7.54. The van der Waals surface area contributed by atoms with Gasteiger partial charge in [-0.05, 0) is 43.7 Å². The van der Waals surface area contributed by atoms with E-state index >= 15 is 4.39 Å². The summed E-state index contributed by atoms with van der Waals surface area (Å²) in [6.07, 6.45) is 6.60. The SMILES string of the molecule is Cc1ccc(-c2ccnc3nc(-c4n[nH]c5cnc(-c6cnccc6C)c(F)c45)[nH]c23)s1. The largest absolute Gasteiger partial charge is 0.335 e. The third-order valence-corrected chi connectivity index (χ3v) is 6.49. The lowest BCUT2D eigenvalue weighted by molar-refractivity contribution is 0.638. The maximum atomic E-state index is 15.7. The highest BCUT2D eigenvalue weighted by Crippen LogP contribution is 2.35. The van der Waals surface area contributed by atoms with Gasteiger partial charge in [-0.15, -0.1) is 11.3 Å². The summed E-state index contributed by atoms with van der Waals surface area (Å²) in [6, 6.07) is 7.93. The van der Waals surface area contributed by atoms with Crippen molar-refractivity contribution < 1.29 is 4.39 Å². The lowest BCUT2D eigenvalue weighted by Gasteiger charge is -2.06. The van der Waals surface area contributed by atoms with Gasteiger partial charge in [-0.2, -0.15) is 5.10 Å². The number of H-pyrrole nitrogens is 2. The Morgan fingerprint density at radius 1 is 0.938 bits per heavy atom. The molecule has 6 heterocycles. The minimum atomic E-state index is -0.468. The number of halogens is 1. The molecule has 0 saturated heterocycles. The van der Waals surface area contributed by atoms with E-state index in [9.17, 15) is 0 Å². The summed E-state index contributed by atoms with van der Waals surface area (Å²) in [4.78, 5) is 23.1. The number of aromatic nitrogens is 7. The van der Waals surface area contributed by atoms with Crippen molar-refractivity contribution in [1.29, 1.82) is 0 Å². The number of rotatable bonds is 3. The summed E-state index contributed by atoms with van der Waals surface area (Å²) < 4.78 is 15.7. The molecule has 2 N–H and O–H groups in total. The zero-order valence-electron chi connectivity index (χ0n) is 17.1. The molecule has 0 bridgehead atoms. The van der Waals surface area contributed by atoms with Crippen LogP contribution in [-0.4, -0.2) is 35.1 Å². The van der Waals surface area contributed by atoms with Crippen molar-refractivity contribution in [3.63, 3.8) is 0 Å². The van der Waals surface area contributed by atoms with E-state index in [0.717, 1.165) is 21.5 Å². The fourth-order valence-electron chi connectivity index (χ4n) is 3.85. The zero-order valence-corrected chi connectivity index (χ0v) is 18.0. The Kier molecular flexibility index (Phi) is 4.12. The molecule has 6 aromatic heterocycles. The second kappa shape index (κ2) is 7.03. The van der Waals surface area contributed by atoms with Gasteiger partial charge in [-0.1, -0.05) is 0 Å². The maximum Gasteiger partial charge on any atom is 0.178 e. The topological polar surface area (TPSA) is 96.0 Å². The Balaban J connectivity index is 1.56. The number of imidazole rings is 1. The van der Waals surface area contributed by atoms with Gasteiger partial charge in [0, 0.05) is 39.5 Å². The molecule has 6 rings (SSSR count). The van der Waals surface area contributed by atoms with Crippen LogP contribution in [-0.2, 0) is 0 Å². The molecule has 156 valence electrons. The van der Waals surface area contributed by atoms with Crippen LogP contribution in [0.4, 0.5) is 4.39 Å². The number of nitrogens with zero attached hydrogens (tertiary/aromatic N) is 5. The van der Waals surface area contributed by atoms with E-state index in [4.69, 9.17) is 0 Å². The summed E-state index contributed by atoms with van der Waals surface area (Å²) in [6.45, 7) is 3.97. The Hall–Kier alpha value is -3.98. The number of hydrogen-bond donors (Lipinski definition) is 2. The molecule has 0 aliphatic rings.